The molecule has 3 N–H and O–H groups in total. The van der Waals surface area contributed by atoms with Crippen LogP contribution in [0.4, 0.5) is 0 Å². The number of primary sulfonamides is 1. The van der Waals surface area contributed by atoms with Crippen LogP contribution in [0.5, 0.6) is 11.6 Å². The van der Waals surface area contributed by atoms with E-state index in [1.165, 1.54) is 32.4 Å². The molecule has 0 fully saturated rings. The summed E-state index contributed by atoms with van der Waals surface area (Å²) in [4.78, 5) is 16.2. The van der Waals surface area contributed by atoms with Crippen LogP contribution in [0.25, 0.3) is 0 Å². The van der Waals surface area contributed by atoms with Crippen molar-refractivity contribution in [3.05, 3.63) is 47.7 Å². The number of pyridine rings is 1. The number of hydrogen-bond donors (Lipinski definition) is 2. The average molecular weight is 351 g/mol. The fraction of sp³-hybridized carbons (Fsp3) is 0.200. The van der Waals surface area contributed by atoms with E-state index in [4.69, 9.17) is 14.6 Å². The fourth-order valence-corrected chi connectivity index (χ4v) is 2.53. The number of nitrogens with two attached hydrogens (primary N) is 1. The van der Waals surface area contributed by atoms with E-state index in [2.05, 4.69) is 10.3 Å². The number of nitrogens with zero attached hydrogens (tertiary/aromatic N) is 1. The van der Waals surface area contributed by atoms with Crippen LogP contribution >= 0.6 is 0 Å². The average Bonchev–Trinajstić information content (AvgIpc) is 2.58. The van der Waals surface area contributed by atoms with E-state index in [1.54, 1.807) is 18.3 Å². The van der Waals surface area contributed by atoms with Gasteiger partial charge in [0.1, 0.15) is 5.75 Å². The van der Waals surface area contributed by atoms with Gasteiger partial charge in [-0.25, -0.2) is 18.5 Å². The van der Waals surface area contributed by atoms with Crippen LogP contribution in [0.3, 0.4) is 0 Å². The van der Waals surface area contributed by atoms with Gasteiger partial charge in [-0.2, -0.15) is 0 Å². The van der Waals surface area contributed by atoms with Crippen molar-refractivity contribution in [2.24, 2.45) is 5.14 Å². The lowest BCUT2D eigenvalue weighted by Crippen LogP contribution is -2.24. The van der Waals surface area contributed by atoms with Gasteiger partial charge in [-0.1, -0.05) is 0 Å². The fourth-order valence-electron chi connectivity index (χ4n) is 1.99. The normalized spacial score (nSPS) is 11.0. The Morgan fingerprint density at radius 3 is 2.58 bits per heavy atom. The summed E-state index contributed by atoms with van der Waals surface area (Å²) < 4.78 is 33.0. The number of nitrogens with one attached hydrogen (secondary N) is 1. The molecule has 128 valence electrons. The molecule has 0 aliphatic heterocycles. The maximum Gasteiger partial charge on any atom is 0.255 e. The first-order chi connectivity index (χ1) is 11.3. The molecule has 0 atom stereocenters. The second-order valence-corrected chi connectivity index (χ2v) is 6.36. The second kappa shape index (κ2) is 7.28. The summed E-state index contributed by atoms with van der Waals surface area (Å²) >= 11 is 0. The Kier molecular flexibility index (Phi) is 5.37. The zero-order valence-electron chi connectivity index (χ0n) is 13.1. The summed E-state index contributed by atoms with van der Waals surface area (Å²) in [7, 11) is -1.04. The zero-order valence-corrected chi connectivity index (χ0v) is 14.0. The third-order valence-electron chi connectivity index (χ3n) is 3.21. The van der Waals surface area contributed by atoms with Crippen LogP contribution in [0.2, 0.25) is 0 Å². The standard InChI is InChI=1S/C15H17N3O5S/c1-22-13-4-3-11(24(16,20)21)8-12(13)15(19)18-9-10-5-6-17-14(7-10)23-2/h3-8H,9H2,1-2H3,(H,18,19)(H2,16,20,21). The van der Waals surface area contributed by atoms with E-state index >= 15 is 0 Å². The lowest BCUT2D eigenvalue weighted by Gasteiger charge is -2.11. The first kappa shape index (κ1) is 17.7. The SMILES string of the molecule is COc1cc(CNC(=O)c2cc(S(N)(=O)=O)ccc2OC)ccn1. The molecule has 0 unspecified atom stereocenters. The molecule has 2 rings (SSSR count). The molecule has 1 amide bonds. The Hall–Kier alpha value is -2.65. The predicted molar refractivity (Wildman–Crippen MR) is 86.3 cm³/mol. The molecule has 2 aromatic rings. The van der Waals surface area contributed by atoms with Crippen LogP contribution in [0.15, 0.2) is 41.4 Å². The lowest BCUT2D eigenvalue weighted by atomic mass is 10.1. The van der Waals surface area contributed by atoms with Crippen molar-refractivity contribution < 1.29 is 22.7 Å². The monoisotopic (exact) mass is 351 g/mol. The van der Waals surface area contributed by atoms with Gasteiger partial charge in [0.2, 0.25) is 15.9 Å². The molecule has 0 saturated heterocycles. The van der Waals surface area contributed by atoms with Crippen molar-refractivity contribution in [3.8, 4) is 11.6 Å². The minimum Gasteiger partial charge on any atom is -0.496 e. The highest BCUT2D eigenvalue weighted by Crippen LogP contribution is 2.22. The topological polar surface area (TPSA) is 121 Å². The maximum absolute atomic E-state index is 12.4. The van der Waals surface area contributed by atoms with E-state index in [-0.39, 0.29) is 22.8 Å². The van der Waals surface area contributed by atoms with Crippen LogP contribution < -0.4 is 19.9 Å². The second-order valence-electron chi connectivity index (χ2n) is 4.80. The summed E-state index contributed by atoms with van der Waals surface area (Å²) in [6, 6.07) is 7.23. The number of rotatable bonds is 6. The van der Waals surface area contributed by atoms with Crippen molar-refractivity contribution in [1.82, 2.24) is 10.3 Å². The summed E-state index contributed by atoms with van der Waals surface area (Å²) in [5.74, 6) is 0.177. The molecule has 1 heterocycles. The number of amides is 1. The molecule has 0 bridgehead atoms. The Morgan fingerprint density at radius 1 is 1.21 bits per heavy atom. The van der Waals surface area contributed by atoms with Gasteiger partial charge in [0, 0.05) is 18.8 Å². The molecule has 8 nitrogen and oxygen atoms in total. The number of carbonyl (C=O) groups is 1. The quantitative estimate of drug-likeness (QED) is 0.789. The lowest BCUT2D eigenvalue weighted by molar-refractivity contribution is 0.0947. The summed E-state index contributed by atoms with van der Waals surface area (Å²) in [6.07, 6.45) is 1.56. The van der Waals surface area contributed by atoms with E-state index in [0.29, 0.717) is 5.88 Å². The van der Waals surface area contributed by atoms with Gasteiger partial charge < -0.3 is 14.8 Å². The van der Waals surface area contributed by atoms with Gasteiger partial charge in [-0.05, 0) is 29.8 Å². The van der Waals surface area contributed by atoms with Crippen molar-refractivity contribution in [1.29, 1.82) is 0 Å². The Balaban J connectivity index is 2.22. The number of ether oxygens (including phenoxy) is 2. The van der Waals surface area contributed by atoms with Crippen LogP contribution in [-0.2, 0) is 16.6 Å². The predicted octanol–water partition coefficient (Wildman–Crippen LogP) is 0.676. The number of sulfonamides is 1. The molecular weight excluding hydrogens is 334 g/mol. The largest absolute Gasteiger partial charge is 0.496 e. The van der Waals surface area contributed by atoms with Gasteiger partial charge in [0.25, 0.3) is 5.91 Å². The molecular formula is C15H17N3O5S. The molecule has 0 saturated carbocycles. The van der Waals surface area contributed by atoms with E-state index in [1.807, 2.05) is 0 Å². The number of hydrogen-bond acceptors (Lipinski definition) is 6. The van der Waals surface area contributed by atoms with Gasteiger partial charge in [0.15, 0.2) is 0 Å². The first-order valence-corrected chi connectivity index (χ1v) is 8.37. The van der Waals surface area contributed by atoms with Crippen LogP contribution in [0, 0.1) is 0 Å². The van der Waals surface area contributed by atoms with Crippen molar-refractivity contribution in [3.63, 3.8) is 0 Å². The third-order valence-corrected chi connectivity index (χ3v) is 4.12. The highest BCUT2D eigenvalue weighted by atomic mass is 32.2. The molecule has 0 radical (unpaired) electrons. The minimum atomic E-state index is -3.92. The Labute approximate surface area is 139 Å². The van der Waals surface area contributed by atoms with Crippen molar-refractivity contribution >= 4 is 15.9 Å². The van der Waals surface area contributed by atoms with E-state index in [9.17, 15) is 13.2 Å². The van der Waals surface area contributed by atoms with Crippen LogP contribution in [0.1, 0.15) is 15.9 Å². The van der Waals surface area contributed by atoms with Gasteiger partial charge >= 0.3 is 0 Å². The Morgan fingerprint density at radius 2 is 1.96 bits per heavy atom. The molecule has 1 aromatic heterocycles. The van der Waals surface area contributed by atoms with Crippen molar-refractivity contribution in [2.45, 2.75) is 11.4 Å². The summed E-state index contributed by atoms with van der Waals surface area (Å²) in [6.45, 7) is 0.209. The summed E-state index contributed by atoms with van der Waals surface area (Å²) in [5, 5.41) is 7.78. The third kappa shape index (κ3) is 4.21. The smallest absolute Gasteiger partial charge is 0.255 e. The highest BCUT2D eigenvalue weighted by Gasteiger charge is 2.17. The van der Waals surface area contributed by atoms with Gasteiger partial charge in [-0.3, -0.25) is 4.79 Å². The number of benzene rings is 1. The number of aromatic nitrogens is 1. The maximum atomic E-state index is 12.4. The first-order valence-electron chi connectivity index (χ1n) is 6.83. The number of methoxy groups -OCH3 is 2. The van der Waals surface area contributed by atoms with Gasteiger partial charge in [0.05, 0.1) is 24.7 Å². The van der Waals surface area contributed by atoms with E-state index in [0.717, 1.165) is 5.56 Å². The zero-order chi connectivity index (χ0) is 17.7. The highest BCUT2D eigenvalue weighted by molar-refractivity contribution is 7.89. The molecule has 24 heavy (non-hydrogen) atoms. The molecule has 0 aliphatic rings. The molecule has 0 spiro atoms. The van der Waals surface area contributed by atoms with Crippen LogP contribution in [-0.4, -0.2) is 33.5 Å². The molecule has 1 aromatic carbocycles. The van der Waals surface area contributed by atoms with E-state index < -0.39 is 15.9 Å². The molecule has 0 aliphatic carbocycles. The van der Waals surface area contributed by atoms with Crippen molar-refractivity contribution in [2.75, 3.05) is 14.2 Å². The summed E-state index contributed by atoms with van der Waals surface area (Å²) in [5.41, 5.74) is 0.849. The Bertz CT molecular complexity index is 852. The number of carbonyl (C=O) groups excluding carboxylic acids is 1. The molecule has 9 heteroatoms. The minimum absolute atomic E-state index is 0.0741. The van der Waals surface area contributed by atoms with Gasteiger partial charge in [-0.15, -0.1) is 0 Å².